The molecule has 0 radical (unpaired) electrons. The standard InChI is InChI=1S/C21H23N3O3/c1-4-18(26-17-7-5-6-15(3)12-17)21(25)22-13-19-23-20(24-27-19)16-10-8-14(2)9-11-16/h5-12,18H,4,13H2,1-3H3,(H,22,25)/t18-/m0/s1. The van der Waals surface area contributed by atoms with Crippen molar-refractivity contribution in [3.63, 3.8) is 0 Å². The fourth-order valence-corrected chi connectivity index (χ4v) is 2.60. The molecule has 3 rings (SSSR count). The van der Waals surface area contributed by atoms with E-state index in [-0.39, 0.29) is 12.5 Å². The van der Waals surface area contributed by atoms with Gasteiger partial charge in [-0.25, -0.2) is 0 Å². The number of hydrogen-bond donors (Lipinski definition) is 1. The molecular formula is C21H23N3O3. The summed E-state index contributed by atoms with van der Waals surface area (Å²) in [5.41, 5.74) is 3.11. The first kappa shape index (κ1) is 18.6. The molecule has 0 fully saturated rings. The van der Waals surface area contributed by atoms with Crippen LogP contribution in [0, 0.1) is 13.8 Å². The second-order valence-electron chi connectivity index (χ2n) is 6.43. The van der Waals surface area contributed by atoms with E-state index >= 15 is 0 Å². The number of hydrogen-bond acceptors (Lipinski definition) is 5. The minimum atomic E-state index is -0.578. The lowest BCUT2D eigenvalue weighted by Gasteiger charge is -2.17. The first-order valence-corrected chi connectivity index (χ1v) is 8.96. The van der Waals surface area contributed by atoms with E-state index in [4.69, 9.17) is 9.26 Å². The number of aryl methyl sites for hydroxylation is 2. The minimum absolute atomic E-state index is 0.158. The zero-order valence-electron chi connectivity index (χ0n) is 15.7. The molecular weight excluding hydrogens is 342 g/mol. The molecule has 1 amide bonds. The Kier molecular flexibility index (Phi) is 5.86. The Bertz CT molecular complexity index is 903. The van der Waals surface area contributed by atoms with E-state index in [1.165, 1.54) is 0 Å². The van der Waals surface area contributed by atoms with E-state index < -0.39 is 6.10 Å². The minimum Gasteiger partial charge on any atom is -0.481 e. The number of nitrogens with zero attached hydrogens (tertiary/aromatic N) is 2. The van der Waals surface area contributed by atoms with Crippen molar-refractivity contribution in [1.29, 1.82) is 0 Å². The van der Waals surface area contributed by atoms with Gasteiger partial charge in [-0.2, -0.15) is 4.98 Å². The summed E-state index contributed by atoms with van der Waals surface area (Å²) < 4.78 is 11.0. The molecule has 1 atom stereocenters. The van der Waals surface area contributed by atoms with Crippen LogP contribution in [0.2, 0.25) is 0 Å². The average molecular weight is 365 g/mol. The van der Waals surface area contributed by atoms with Crippen molar-refractivity contribution in [3.05, 3.63) is 65.5 Å². The number of nitrogens with one attached hydrogen (secondary N) is 1. The van der Waals surface area contributed by atoms with Crippen molar-refractivity contribution < 1.29 is 14.1 Å². The summed E-state index contributed by atoms with van der Waals surface area (Å²) in [5.74, 6) is 1.32. The van der Waals surface area contributed by atoms with E-state index in [1.54, 1.807) is 0 Å². The Morgan fingerprint density at radius 1 is 1.15 bits per heavy atom. The van der Waals surface area contributed by atoms with Crippen molar-refractivity contribution in [2.75, 3.05) is 0 Å². The summed E-state index contributed by atoms with van der Waals surface area (Å²) in [7, 11) is 0. The molecule has 1 N–H and O–H groups in total. The Labute approximate surface area is 158 Å². The third-order valence-electron chi connectivity index (χ3n) is 4.12. The summed E-state index contributed by atoms with van der Waals surface area (Å²) >= 11 is 0. The van der Waals surface area contributed by atoms with Crippen LogP contribution >= 0.6 is 0 Å². The Morgan fingerprint density at radius 3 is 2.63 bits per heavy atom. The molecule has 6 nitrogen and oxygen atoms in total. The highest BCUT2D eigenvalue weighted by atomic mass is 16.5. The normalized spacial score (nSPS) is 11.8. The Balaban J connectivity index is 1.58. The lowest BCUT2D eigenvalue weighted by Crippen LogP contribution is -2.37. The van der Waals surface area contributed by atoms with E-state index in [0.717, 1.165) is 16.7 Å². The lowest BCUT2D eigenvalue weighted by atomic mass is 10.1. The molecule has 0 saturated carbocycles. The van der Waals surface area contributed by atoms with Gasteiger partial charge in [0, 0.05) is 5.56 Å². The van der Waals surface area contributed by atoms with Crippen LogP contribution in [-0.2, 0) is 11.3 Å². The number of carbonyl (C=O) groups excluding carboxylic acids is 1. The highest BCUT2D eigenvalue weighted by Gasteiger charge is 2.19. The summed E-state index contributed by atoms with van der Waals surface area (Å²) in [6, 6.07) is 15.5. The predicted octanol–water partition coefficient (Wildman–Crippen LogP) is 3.83. The van der Waals surface area contributed by atoms with Gasteiger partial charge in [-0.3, -0.25) is 4.79 Å². The van der Waals surface area contributed by atoms with Crippen LogP contribution in [0.15, 0.2) is 53.1 Å². The fourth-order valence-electron chi connectivity index (χ4n) is 2.60. The third kappa shape index (κ3) is 4.94. The van der Waals surface area contributed by atoms with Gasteiger partial charge in [-0.15, -0.1) is 0 Å². The van der Waals surface area contributed by atoms with Gasteiger partial charge in [0.25, 0.3) is 5.91 Å². The van der Waals surface area contributed by atoms with Crippen LogP contribution in [0.4, 0.5) is 0 Å². The van der Waals surface area contributed by atoms with Gasteiger partial charge in [0.2, 0.25) is 11.7 Å². The molecule has 2 aromatic carbocycles. The summed E-state index contributed by atoms with van der Waals surface area (Å²) in [5, 5.41) is 6.77. The number of carbonyl (C=O) groups is 1. The number of rotatable bonds is 7. The van der Waals surface area contributed by atoms with Crippen LogP contribution < -0.4 is 10.1 Å². The molecule has 0 aliphatic rings. The second kappa shape index (κ2) is 8.49. The van der Waals surface area contributed by atoms with E-state index in [0.29, 0.717) is 23.9 Å². The highest BCUT2D eigenvalue weighted by molar-refractivity contribution is 5.81. The molecule has 3 aromatic rings. The van der Waals surface area contributed by atoms with Crippen molar-refractivity contribution in [2.45, 2.75) is 39.8 Å². The van der Waals surface area contributed by atoms with E-state index in [2.05, 4.69) is 15.5 Å². The maximum Gasteiger partial charge on any atom is 0.261 e. The number of benzene rings is 2. The van der Waals surface area contributed by atoms with Crippen LogP contribution in [0.1, 0.15) is 30.4 Å². The van der Waals surface area contributed by atoms with Gasteiger partial charge in [0.1, 0.15) is 5.75 Å². The highest BCUT2D eigenvalue weighted by Crippen LogP contribution is 2.17. The molecule has 27 heavy (non-hydrogen) atoms. The largest absolute Gasteiger partial charge is 0.481 e. The number of ether oxygens (including phenoxy) is 1. The Morgan fingerprint density at radius 2 is 1.93 bits per heavy atom. The van der Waals surface area contributed by atoms with Crippen LogP contribution in [0.5, 0.6) is 5.75 Å². The zero-order valence-corrected chi connectivity index (χ0v) is 15.7. The second-order valence-corrected chi connectivity index (χ2v) is 6.43. The van der Waals surface area contributed by atoms with Crippen molar-refractivity contribution in [3.8, 4) is 17.1 Å². The fraction of sp³-hybridized carbons (Fsp3) is 0.286. The van der Waals surface area contributed by atoms with Crippen molar-refractivity contribution in [2.24, 2.45) is 0 Å². The molecule has 0 spiro atoms. The summed E-state index contributed by atoms with van der Waals surface area (Å²) in [6.07, 6.45) is -0.0237. The summed E-state index contributed by atoms with van der Waals surface area (Å²) in [6.45, 7) is 6.06. The van der Waals surface area contributed by atoms with Crippen molar-refractivity contribution >= 4 is 5.91 Å². The zero-order chi connectivity index (χ0) is 19.2. The monoisotopic (exact) mass is 365 g/mol. The van der Waals surface area contributed by atoms with Gasteiger partial charge in [0.15, 0.2) is 6.10 Å². The predicted molar refractivity (Wildman–Crippen MR) is 102 cm³/mol. The first-order chi connectivity index (χ1) is 13.0. The molecule has 1 heterocycles. The summed E-state index contributed by atoms with van der Waals surface area (Å²) in [4.78, 5) is 16.8. The van der Waals surface area contributed by atoms with Crippen LogP contribution in [0.25, 0.3) is 11.4 Å². The smallest absolute Gasteiger partial charge is 0.261 e. The number of aromatic nitrogens is 2. The van der Waals surface area contributed by atoms with Gasteiger partial charge in [-0.1, -0.05) is 54.0 Å². The van der Waals surface area contributed by atoms with Crippen LogP contribution in [-0.4, -0.2) is 22.2 Å². The number of amides is 1. The third-order valence-corrected chi connectivity index (χ3v) is 4.12. The van der Waals surface area contributed by atoms with Gasteiger partial charge in [-0.05, 0) is 38.0 Å². The van der Waals surface area contributed by atoms with Gasteiger partial charge in [0.05, 0.1) is 6.54 Å². The maximum absolute atomic E-state index is 12.4. The lowest BCUT2D eigenvalue weighted by molar-refractivity contribution is -0.128. The molecule has 0 unspecified atom stereocenters. The molecule has 0 bridgehead atoms. The molecule has 1 aromatic heterocycles. The Hall–Kier alpha value is -3.15. The van der Waals surface area contributed by atoms with Gasteiger partial charge >= 0.3 is 0 Å². The molecule has 0 aliphatic heterocycles. The SMILES string of the molecule is CC[C@H](Oc1cccc(C)c1)C(=O)NCc1nc(-c2ccc(C)cc2)no1. The average Bonchev–Trinajstić information content (AvgIpc) is 3.14. The van der Waals surface area contributed by atoms with Crippen LogP contribution in [0.3, 0.4) is 0 Å². The molecule has 140 valence electrons. The van der Waals surface area contributed by atoms with E-state index in [1.807, 2.05) is 69.3 Å². The van der Waals surface area contributed by atoms with E-state index in [9.17, 15) is 4.79 Å². The topological polar surface area (TPSA) is 77.2 Å². The quantitative estimate of drug-likeness (QED) is 0.688. The first-order valence-electron chi connectivity index (χ1n) is 8.96. The molecule has 0 aliphatic carbocycles. The molecule has 0 saturated heterocycles. The van der Waals surface area contributed by atoms with Crippen molar-refractivity contribution in [1.82, 2.24) is 15.5 Å². The molecule has 6 heteroatoms. The van der Waals surface area contributed by atoms with Gasteiger partial charge < -0.3 is 14.6 Å². The maximum atomic E-state index is 12.4.